The number of nitrogens with zero attached hydrogens (tertiary/aromatic N) is 1. The summed E-state index contributed by atoms with van der Waals surface area (Å²) in [5.74, 6) is -0.0958. The molecular weight excluding hydrogens is 462 g/mol. The third kappa shape index (κ3) is 6.18. The lowest BCUT2D eigenvalue weighted by Gasteiger charge is -2.26. The Morgan fingerprint density at radius 3 is 2.83 bits per heavy atom. The van der Waals surface area contributed by atoms with Crippen molar-refractivity contribution in [1.82, 2.24) is 10.2 Å². The molecule has 2 aromatic carbocycles. The highest BCUT2D eigenvalue weighted by atomic mass is 32.2. The van der Waals surface area contributed by atoms with E-state index in [1.54, 1.807) is 11.8 Å². The van der Waals surface area contributed by atoms with Gasteiger partial charge in [0.25, 0.3) is 0 Å². The molecule has 0 aromatic heterocycles. The number of hydrogen-bond acceptors (Lipinski definition) is 6. The highest BCUT2D eigenvalue weighted by Crippen LogP contribution is 2.37. The highest BCUT2D eigenvalue weighted by Gasteiger charge is 2.31. The van der Waals surface area contributed by atoms with Crippen molar-refractivity contribution in [1.29, 1.82) is 0 Å². The maximum atomic E-state index is 13.0. The van der Waals surface area contributed by atoms with Gasteiger partial charge in [0.2, 0.25) is 11.8 Å². The molecule has 35 heavy (non-hydrogen) atoms. The van der Waals surface area contributed by atoms with Crippen LogP contribution in [0, 0.1) is 0 Å². The van der Waals surface area contributed by atoms with E-state index >= 15 is 0 Å². The first kappa shape index (κ1) is 25.5. The van der Waals surface area contributed by atoms with Gasteiger partial charge in [-0.2, -0.15) is 0 Å². The largest absolute Gasteiger partial charge is 0.371 e. The van der Waals surface area contributed by atoms with Crippen molar-refractivity contribution in [3.63, 3.8) is 0 Å². The number of rotatable bonds is 8. The number of amides is 2. The van der Waals surface area contributed by atoms with E-state index in [1.165, 1.54) is 10.5 Å². The van der Waals surface area contributed by atoms with Gasteiger partial charge in [0.1, 0.15) is 6.23 Å². The molecule has 1 fully saturated rings. The second-order valence-electron chi connectivity index (χ2n) is 9.08. The molecule has 0 aliphatic carbocycles. The lowest BCUT2D eigenvalue weighted by atomic mass is 10.0. The number of fused-ring (bicyclic) bond motifs is 1. The Morgan fingerprint density at radius 2 is 2.03 bits per heavy atom. The fourth-order valence-electron chi connectivity index (χ4n) is 4.96. The van der Waals surface area contributed by atoms with Crippen LogP contribution in [-0.2, 0) is 20.9 Å². The zero-order valence-electron chi connectivity index (χ0n) is 20.5. The summed E-state index contributed by atoms with van der Waals surface area (Å²) >= 11 is 1.70. The van der Waals surface area contributed by atoms with Gasteiger partial charge in [-0.25, -0.2) is 0 Å². The molecule has 4 rings (SSSR count). The Kier molecular flexibility index (Phi) is 8.70. The number of benzene rings is 2. The summed E-state index contributed by atoms with van der Waals surface area (Å²) in [5, 5.41) is 16.0. The van der Waals surface area contributed by atoms with Gasteiger partial charge in [0, 0.05) is 42.1 Å². The molecule has 188 valence electrons. The molecule has 0 bridgehead atoms. The monoisotopic (exact) mass is 497 g/mol. The van der Waals surface area contributed by atoms with Gasteiger partial charge >= 0.3 is 0 Å². The number of nitrogens with one attached hydrogen (secondary N) is 2. The van der Waals surface area contributed by atoms with Crippen LogP contribution in [0.1, 0.15) is 67.9 Å². The van der Waals surface area contributed by atoms with Gasteiger partial charge in [0.05, 0.1) is 18.8 Å². The van der Waals surface area contributed by atoms with Crippen molar-refractivity contribution in [3.8, 4) is 0 Å². The van der Waals surface area contributed by atoms with Gasteiger partial charge in [-0.1, -0.05) is 31.2 Å². The first-order chi connectivity index (χ1) is 17.0. The first-order valence-electron chi connectivity index (χ1n) is 12.4. The lowest BCUT2D eigenvalue weighted by Crippen LogP contribution is -2.32. The summed E-state index contributed by atoms with van der Waals surface area (Å²) in [6.45, 7) is 3.40. The fourth-order valence-corrected chi connectivity index (χ4v) is 5.61. The minimum atomic E-state index is -0.738. The third-order valence-electron chi connectivity index (χ3n) is 6.74. The molecule has 0 radical (unpaired) electrons. The molecule has 3 atom stereocenters. The normalized spacial score (nSPS) is 21.7. The number of anilines is 1. The van der Waals surface area contributed by atoms with E-state index in [9.17, 15) is 14.7 Å². The molecule has 2 aliphatic rings. The molecule has 0 unspecified atom stereocenters. The van der Waals surface area contributed by atoms with Crippen molar-refractivity contribution >= 4 is 29.3 Å². The highest BCUT2D eigenvalue weighted by molar-refractivity contribution is 7.98. The molecule has 1 saturated heterocycles. The smallest absolute Gasteiger partial charge is 0.223 e. The van der Waals surface area contributed by atoms with E-state index in [0.717, 1.165) is 42.6 Å². The number of carbonyl (C=O) groups is 2. The van der Waals surface area contributed by atoms with E-state index in [2.05, 4.69) is 29.0 Å². The zero-order chi connectivity index (χ0) is 24.8. The van der Waals surface area contributed by atoms with Crippen molar-refractivity contribution < 1.29 is 19.4 Å². The lowest BCUT2D eigenvalue weighted by molar-refractivity contribution is -0.134. The minimum Gasteiger partial charge on any atom is -0.371 e. The zero-order valence-corrected chi connectivity index (χ0v) is 21.3. The predicted molar refractivity (Wildman–Crippen MR) is 138 cm³/mol. The number of aliphatic hydroxyl groups is 1. The molecule has 2 heterocycles. The molecule has 2 aromatic rings. The third-order valence-corrected chi connectivity index (χ3v) is 7.55. The maximum Gasteiger partial charge on any atom is 0.223 e. The number of aliphatic hydroxyl groups excluding tert-OH is 1. The van der Waals surface area contributed by atoms with E-state index in [-0.39, 0.29) is 43.4 Å². The molecule has 0 saturated carbocycles. The molecule has 0 spiro atoms. The minimum absolute atomic E-state index is 0.0381. The van der Waals surface area contributed by atoms with Gasteiger partial charge in [-0.15, -0.1) is 11.8 Å². The Morgan fingerprint density at radius 1 is 1.20 bits per heavy atom. The van der Waals surface area contributed by atoms with Gasteiger partial charge in [-0.3, -0.25) is 9.59 Å². The van der Waals surface area contributed by atoms with Crippen LogP contribution < -0.4 is 10.6 Å². The number of hydrogen-bond donors (Lipinski definition) is 3. The number of thioether (sulfide) groups is 1. The Balaban J connectivity index is 1.31. The summed E-state index contributed by atoms with van der Waals surface area (Å²) in [7, 11) is 0. The Bertz CT molecular complexity index is 1050. The molecule has 8 heteroatoms. The van der Waals surface area contributed by atoms with E-state index in [1.807, 2.05) is 42.2 Å². The first-order valence-corrected chi connectivity index (χ1v) is 13.6. The summed E-state index contributed by atoms with van der Waals surface area (Å²) in [5.41, 5.74) is 3.99. The van der Waals surface area contributed by atoms with Crippen LogP contribution in [0.4, 0.5) is 5.69 Å². The topological polar surface area (TPSA) is 90.9 Å². The number of ether oxygens (including phenoxy) is 1. The van der Waals surface area contributed by atoms with Crippen LogP contribution >= 0.6 is 11.8 Å². The second kappa shape index (κ2) is 11.9. The summed E-state index contributed by atoms with van der Waals surface area (Å²) in [6, 6.07) is 14.2. The van der Waals surface area contributed by atoms with Crippen molar-refractivity contribution in [3.05, 3.63) is 59.2 Å². The molecule has 3 N–H and O–H groups in total. The summed E-state index contributed by atoms with van der Waals surface area (Å²) in [4.78, 5) is 28.7. The summed E-state index contributed by atoms with van der Waals surface area (Å²) < 4.78 is 5.80. The van der Waals surface area contributed by atoms with Gasteiger partial charge < -0.3 is 25.4 Å². The van der Waals surface area contributed by atoms with E-state index in [4.69, 9.17) is 4.74 Å². The van der Waals surface area contributed by atoms with Crippen molar-refractivity contribution in [2.45, 2.75) is 68.8 Å². The SMILES string of the molecule is CC[C@@H]1OC[C@@H](O)Nc2ccc(CNC(=O)CCC(=O)N3CCC[C@@H]3c3ccccc3SC)cc21. The molecule has 2 aliphatic heterocycles. The maximum absolute atomic E-state index is 13.0. The number of likely N-dealkylation sites (tertiary alicyclic amines) is 1. The van der Waals surface area contributed by atoms with Crippen molar-refractivity contribution in [2.24, 2.45) is 0 Å². The molecule has 2 amide bonds. The van der Waals surface area contributed by atoms with E-state index < -0.39 is 6.23 Å². The molecular formula is C27H35N3O4S. The van der Waals surface area contributed by atoms with Gasteiger partial charge in [-0.05, 0) is 54.8 Å². The standard InChI is InChI=1S/C27H35N3O4S/c1-3-23-20-15-18(10-11-21(20)29-26(32)17-34-23)16-28-25(31)12-13-27(33)30-14-6-8-22(30)19-7-4-5-9-24(19)35-2/h4-5,7,9-11,15,22-23,26,29,32H,3,6,8,12-14,16-17H2,1-2H3,(H,28,31)/t22-,23+,26-/m1/s1. The van der Waals surface area contributed by atoms with Crippen LogP contribution in [0.15, 0.2) is 47.4 Å². The second-order valence-corrected chi connectivity index (χ2v) is 9.92. The Hall–Kier alpha value is -2.55. The number of carbonyl (C=O) groups excluding carboxylic acids is 2. The average Bonchev–Trinajstić information content (AvgIpc) is 3.31. The molecule has 7 nitrogen and oxygen atoms in total. The fraction of sp³-hybridized carbons (Fsp3) is 0.481. The summed E-state index contributed by atoms with van der Waals surface area (Å²) in [6.07, 6.45) is 4.33. The van der Waals surface area contributed by atoms with E-state index in [0.29, 0.717) is 6.54 Å². The van der Waals surface area contributed by atoms with Crippen LogP contribution in [0.2, 0.25) is 0 Å². The van der Waals surface area contributed by atoms with Crippen LogP contribution in [0.5, 0.6) is 0 Å². The van der Waals surface area contributed by atoms with Crippen LogP contribution in [0.3, 0.4) is 0 Å². The predicted octanol–water partition coefficient (Wildman–Crippen LogP) is 4.38. The van der Waals surface area contributed by atoms with Crippen LogP contribution in [-0.4, -0.2) is 47.5 Å². The van der Waals surface area contributed by atoms with Gasteiger partial charge in [0.15, 0.2) is 0 Å². The quantitative estimate of drug-likeness (QED) is 0.469. The van der Waals surface area contributed by atoms with Crippen LogP contribution in [0.25, 0.3) is 0 Å². The Labute approximate surface area is 211 Å². The van der Waals surface area contributed by atoms with Crippen molar-refractivity contribution in [2.75, 3.05) is 24.7 Å². The average molecular weight is 498 g/mol.